The lowest BCUT2D eigenvalue weighted by atomic mass is 10.3. The fourth-order valence-corrected chi connectivity index (χ4v) is 1.92. The van der Waals surface area contributed by atoms with Crippen molar-refractivity contribution in [1.82, 2.24) is 25.4 Å². The van der Waals surface area contributed by atoms with E-state index in [2.05, 4.69) is 32.7 Å². The molecule has 0 saturated heterocycles. The normalized spacial score (nSPS) is 11.8. The number of nitrogens with zero attached hydrogens (tertiary/aromatic N) is 4. The molecule has 1 rings (SSSR count). The second-order valence-electron chi connectivity index (χ2n) is 5.55. The summed E-state index contributed by atoms with van der Waals surface area (Å²) in [4.78, 5) is 4.60. The Morgan fingerprint density at radius 2 is 1.88 bits per heavy atom. The van der Waals surface area contributed by atoms with Crippen molar-refractivity contribution in [1.29, 1.82) is 0 Å². The molecule has 0 fully saturated rings. The molecular formula is C16H32N6O2. The van der Waals surface area contributed by atoms with Crippen LogP contribution in [0.15, 0.2) is 4.99 Å². The van der Waals surface area contributed by atoms with Crippen molar-refractivity contribution in [2.24, 2.45) is 12.0 Å². The van der Waals surface area contributed by atoms with Gasteiger partial charge in [0, 0.05) is 33.9 Å². The highest BCUT2D eigenvalue weighted by Gasteiger charge is 2.05. The molecule has 1 aromatic heterocycles. The van der Waals surface area contributed by atoms with Crippen molar-refractivity contribution in [2.75, 3.05) is 40.0 Å². The first-order valence-electron chi connectivity index (χ1n) is 8.62. The number of methoxy groups -OCH3 is 1. The summed E-state index contributed by atoms with van der Waals surface area (Å²) in [5.41, 5.74) is 0. The van der Waals surface area contributed by atoms with Crippen LogP contribution in [0.5, 0.6) is 0 Å². The standard InChI is InChI=1S/C16H32N6O2/c1-5-6-8-17-16(18-9-7-10-24-12-11-23-4)19-13-15-21-20-14(2)22(15)3/h5-13H2,1-4H3,(H2,17,18,19). The van der Waals surface area contributed by atoms with Crippen LogP contribution < -0.4 is 10.6 Å². The van der Waals surface area contributed by atoms with Gasteiger partial charge in [-0.3, -0.25) is 0 Å². The maximum Gasteiger partial charge on any atom is 0.191 e. The average molecular weight is 340 g/mol. The Hall–Kier alpha value is -1.67. The summed E-state index contributed by atoms with van der Waals surface area (Å²) in [5, 5.41) is 14.9. The van der Waals surface area contributed by atoms with E-state index in [-0.39, 0.29) is 0 Å². The first kappa shape index (κ1) is 20.4. The predicted molar refractivity (Wildman–Crippen MR) is 95.1 cm³/mol. The molecular weight excluding hydrogens is 308 g/mol. The molecule has 0 aliphatic rings. The number of nitrogens with one attached hydrogen (secondary N) is 2. The van der Waals surface area contributed by atoms with Gasteiger partial charge >= 0.3 is 0 Å². The van der Waals surface area contributed by atoms with Crippen LogP contribution in [-0.2, 0) is 23.1 Å². The molecule has 2 N–H and O–H groups in total. The number of aromatic nitrogens is 3. The molecule has 0 aliphatic heterocycles. The Labute approximate surface area is 145 Å². The van der Waals surface area contributed by atoms with Gasteiger partial charge < -0.3 is 24.7 Å². The van der Waals surface area contributed by atoms with Crippen LogP contribution in [0.4, 0.5) is 0 Å². The van der Waals surface area contributed by atoms with E-state index in [9.17, 15) is 0 Å². The lowest BCUT2D eigenvalue weighted by Crippen LogP contribution is -2.38. The molecule has 24 heavy (non-hydrogen) atoms. The number of guanidine groups is 1. The van der Waals surface area contributed by atoms with Gasteiger partial charge in [0.25, 0.3) is 0 Å². The van der Waals surface area contributed by atoms with E-state index in [1.165, 1.54) is 0 Å². The largest absolute Gasteiger partial charge is 0.382 e. The van der Waals surface area contributed by atoms with Gasteiger partial charge in [-0.1, -0.05) is 13.3 Å². The fraction of sp³-hybridized carbons (Fsp3) is 0.812. The quantitative estimate of drug-likeness (QED) is 0.336. The Kier molecular flexibility index (Phi) is 10.8. The summed E-state index contributed by atoms with van der Waals surface area (Å²) < 4.78 is 12.4. The molecule has 1 heterocycles. The second kappa shape index (κ2) is 12.7. The van der Waals surface area contributed by atoms with Crippen LogP contribution in [0.2, 0.25) is 0 Å². The SMILES string of the molecule is CCCCNC(=NCc1nnc(C)n1C)NCCCOCCOC. The number of aliphatic imine (C=N–C) groups is 1. The minimum absolute atomic E-state index is 0.503. The van der Waals surface area contributed by atoms with E-state index in [4.69, 9.17) is 9.47 Å². The molecule has 0 amide bonds. The van der Waals surface area contributed by atoms with Crippen molar-refractivity contribution in [2.45, 2.75) is 39.7 Å². The van der Waals surface area contributed by atoms with Crippen molar-refractivity contribution in [3.8, 4) is 0 Å². The first-order valence-corrected chi connectivity index (χ1v) is 8.62. The molecule has 138 valence electrons. The first-order chi connectivity index (χ1) is 11.7. The smallest absolute Gasteiger partial charge is 0.191 e. The van der Waals surface area contributed by atoms with Crippen molar-refractivity contribution in [3.05, 3.63) is 11.6 Å². The van der Waals surface area contributed by atoms with Crippen LogP contribution in [-0.4, -0.2) is 60.7 Å². The maximum absolute atomic E-state index is 5.46. The highest BCUT2D eigenvalue weighted by molar-refractivity contribution is 5.79. The third-order valence-electron chi connectivity index (χ3n) is 3.57. The van der Waals surface area contributed by atoms with Gasteiger partial charge in [0.1, 0.15) is 12.4 Å². The van der Waals surface area contributed by atoms with Crippen LogP contribution >= 0.6 is 0 Å². The van der Waals surface area contributed by atoms with E-state index in [1.807, 2.05) is 18.5 Å². The maximum atomic E-state index is 5.46. The molecule has 8 nitrogen and oxygen atoms in total. The molecule has 0 saturated carbocycles. The van der Waals surface area contributed by atoms with Crippen LogP contribution in [0.1, 0.15) is 37.8 Å². The number of unbranched alkanes of at least 4 members (excludes halogenated alkanes) is 1. The van der Waals surface area contributed by atoms with Gasteiger partial charge in [-0.2, -0.15) is 0 Å². The van der Waals surface area contributed by atoms with Gasteiger partial charge in [-0.25, -0.2) is 4.99 Å². The van der Waals surface area contributed by atoms with Gasteiger partial charge in [-0.15, -0.1) is 10.2 Å². The number of hydrogen-bond donors (Lipinski definition) is 2. The van der Waals surface area contributed by atoms with E-state index >= 15 is 0 Å². The zero-order valence-electron chi connectivity index (χ0n) is 15.5. The molecule has 1 aromatic rings. The summed E-state index contributed by atoms with van der Waals surface area (Å²) in [5.74, 6) is 2.55. The van der Waals surface area contributed by atoms with E-state index in [0.717, 1.165) is 50.0 Å². The molecule has 0 atom stereocenters. The highest BCUT2D eigenvalue weighted by atomic mass is 16.5. The van der Waals surface area contributed by atoms with E-state index < -0.39 is 0 Å². The number of rotatable bonds is 12. The Morgan fingerprint density at radius 1 is 1.12 bits per heavy atom. The summed E-state index contributed by atoms with van der Waals surface area (Å²) in [6, 6.07) is 0. The third-order valence-corrected chi connectivity index (χ3v) is 3.57. The highest BCUT2D eigenvalue weighted by Crippen LogP contribution is 1.99. The summed E-state index contributed by atoms with van der Waals surface area (Å²) >= 11 is 0. The summed E-state index contributed by atoms with van der Waals surface area (Å²) in [6.45, 7) is 8.30. The molecule has 0 spiro atoms. The van der Waals surface area contributed by atoms with Gasteiger partial charge in [0.2, 0.25) is 0 Å². The lowest BCUT2D eigenvalue weighted by molar-refractivity contribution is 0.0698. The molecule has 0 aromatic carbocycles. The van der Waals surface area contributed by atoms with Crippen LogP contribution in [0.25, 0.3) is 0 Å². The zero-order chi connectivity index (χ0) is 17.6. The van der Waals surface area contributed by atoms with Crippen molar-refractivity contribution < 1.29 is 9.47 Å². The Morgan fingerprint density at radius 3 is 2.50 bits per heavy atom. The summed E-state index contributed by atoms with van der Waals surface area (Å²) in [6.07, 6.45) is 3.18. The topological polar surface area (TPSA) is 85.6 Å². The number of ether oxygens (including phenoxy) is 2. The third kappa shape index (κ3) is 8.26. The van der Waals surface area contributed by atoms with Gasteiger partial charge in [0.15, 0.2) is 11.8 Å². The summed E-state index contributed by atoms with van der Waals surface area (Å²) in [7, 11) is 3.63. The van der Waals surface area contributed by atoms with Crippen LogP contribution in [0, 0.1) is 6.92 Å². The van der Waals surface area contributed by atoms with Gasteiger partial charge in [-0.05, 0) is 19.8 Å². The van der Waals surface area contributed by atoms with Crippen molar-refractivity contribution >= 4 is 5.96 Å². The van der Waals surface area contributed by atoms with Crippen molar-refractivity contribution in [3.63, 3.8) is 0 Å². The fourth-order valence-electron chi connectivity index (χ4n) is 1.92. The molecule has 0 unspecified atom stereocenters. The zero-order valence-corrected chi connectivity index (χ0v) is 15.5. The average Bonchev–Trinajstić information content (AvgIpc) is 2.90. The second-order valence-corrected chi connectivity index (χ2v) is 5.55. The minimum Gasteiger partial charge on any atom is -0.382 e. The lowest BCUT2D eigenvalue weighted by Gasteiger charge is -2.12. The monoisotopic (exact) mass is 340 g/mol. The van der Waals surface area contributed by atoms with Crippen LogP contribution in [0.3, 0.4) is 0 Å². The minimum atomic E-state index is 0.503. The Balaban J connectivity index is 2.38. The molecule has 0 radical (unpaired) electrons. The molecule has 0 bridgehead atoms. The molecule has 8 heteroatoms. The van der Waals surface area contributed by atoms with E-state index in [0.29, 0.717) is 26.4 Å². The number of aryl methyl sites for hydroxylation is 1. The molecule has 0 aliphatic carbocycles. The Bertz CT molecular complexity index is 475. The van der Waals surface area contributed by atoms with E-state index in [1.54, 1.807) is 7.11 Å². The van der Waals surface area contributed by atoms with Gasteiger partial charge in [0.05, 0.1) is 13.2 Å². The predicted octanol–water partition coefficient (Wildman–Crippen LogP) is 1.01. The number of hydrogen-bond acceptors (Lipinski definition) is 5.